The number of fused-ring (bicyclic) bond motifs is 1. The molecule has 3 aromatic heterocycles. The molecule has 1 amide bonds. The first-order valence-electron chi connectivity index (χ1n) is 12.8. The van der Waals surface area contributed by atoms with Crippen molar-refractivity contribution in [3.8, 4) is 11.3 Å². The second-order valence-electron chi connectivity index (χ2n) is 9.97. The number of nitrogens with two attached hydrogens (primary N) is 1. The molecule has 0 bridgehead atoms. The van der Waals surface area contributed by atoms with Gasteiger partial charge in [-0.15, -0.1) is 0 Å². The number of hydrogen-bond donors (Lipinski definition) is 2. The van der Waals surface area contributed by atoms with Gasteiger partial charge in [-0.25, -0.2) is 9.97 Å². The Hall–Kier alpha value is -3.30. The van der Waals surface area contributed by atoms with Crippen molar-refractivity contribution < 1.29 is 9.53 Å². The summed E-state index contributed by atoms with van der Waals surface area (Å²) in [6.07, 6.45) is 7.47. The third-order valence-electron chi connectivity index (χ3n) is 7.13. The van der Waals surface area contributed by atoms with E-state index < -0.39 is 6.04 Å². The molecule has 2 fully saturated rings. The molecule has 5 heterocycles. The maximum absolute atomic E-state index is 12.7. The Kier molecular flexibility index (Phi) is 7.29. The van der Waals surface area contributed by atoms with Crippen molar-refractivity contribution in [1.82, 2.24) is 19.9 Å². The fourth-order valence-corrected chi connectivity index (χ4v) is 4.82. The molecule has 190 valence electrons. The molecule has 1 atom stereocenters. The van der Waals surface area contributed by atoms with E-state index in [1.54, 1.807) is 6.20 Å². The topological polar surface area (TPSA) is 110 Å². The van der Waals surface area contributed by atoms with Gasteiger partial charge in [0.1, 0.15) is 11.6 Å². The molecule has 5 rings (SSSR count). The van der Waals surface area contributed by atoms with Crippen LogP contribution >= 0.6 is 0 Å². The molecule has 0 unspecified atom stereocenters. The van der Waals surface area contributed by atoms with Crippen molar-refractivity contribution in [2.75, 3.05) is 49.6 Å². The summed E-state index contributed by atoms with van der Waals surface area (Å²) in [5.41, 5.74) is 8.01. The predicted molar refractivity (Wildman–Crippen MR) is 142 cm³/mol. The summed E-state index contributed by atoms with van der Waals surface area (Å²) in [6, 6.07) is 8.06. The van der Waals surface area contributed by atoms with E-state index in [0.717, 1.165) is 59.7 Å². The van der Waals surface area contributed by atoms with Crippen molar-refractivity contribution in [2.24, 2.45) is 11.7 Å². The number of carbonyl (C=O) groups is 1. The van der Waals surface area contributed by atoms with Gasteiger partial charge in [-0.1, -0.05) is 13.8 Å². The van der Waals surface area contributed by atoms with E-state index in [4.69, 9.17) is 15.5 Å². The molecule has 2 aliphatic rings. The lowest BCUT2D eigenvalue weighted by Crippen LogP contribution is -2.54. The van der Waals surface area contributed by atoms with Crippen LogP contribution in [0.3, 0.4) is 0 Å². The van der Waals surface area contributed by atoms with Crippen LogP contribution in [0.1, 0.15) is 26.7 Å². The minimum atomic E-state index is -0.458. The Bertz CT molecular complexity index is 1200. The van der Waals surface area contributed by atoms with Crippen molar-refractivity contribution in [3.05, 3.63) is 42.9 Å². The van der Waals surface area contributed by atoms with E-state index in [1.807, 2.05) is 43.3 Å². The first-order chi connectivity index (χ1) is 17.5. The molecule has 0 aromatic carbocycles. The highest BCUT2D eigenvalue weighted by Crippen LogP contribution is 2.31. The zero-order valence-electron chi connectivity index (χ0n) is 21.1. The summed E-state index contributed by atoms with van der Waals surface area (Å²) in [6.45, 7) is 8.20. The van der Waals surface area contributed by atoms with E-state index in [1.165, 1.54) is 0 Å². The molecule has 0 radical (unpaired) electrons. The van der Waals surface area contributed by atoms with Gasteiger partial charge in [-0.05, 0) is 43.0 Å². The van der Waals surface area contributed by atoms with E-state index in [9.17, 15) is 4.79 Å². The van der Waals surface area contributed by atoms with Gasteiger partial charge >= 0.3 is 0 Å². The average Bonchev–Trinajstić information content (AvgIpc) is 2.92. The summed E-state index contributed by atoms with van der Waals surface area (Å²) in [4.78, 5) is 30.9. The first kappa shape index (κ1) is 24.4. The number of pyridine rings is 3. The number of ether oxygens (including phenoxy) is 1. The smallest absolute Gasteiger partial charge is 0.239 e. The Morgan fingerprint density at radius 3 is 2.64 bits per heavy atom. The highest BCUT2D eigenvalue weighted by atomic mass is 16.5. The molecule has 9 nitrogen and oxygen atoms in total. The lowest BCUT2D eigenvalue weighted by molar-refractivity contribution is -0.133. The number of anilines is 2. The standard InChI is InChI=1S/C27H35N7O2/c1-18(2)25(28)27(35)34-11-9-33(10-12-34)26-22-4-7-29-17-20(22)15-23(32-26)19-3-8-30-24(16-19)31-21-5-13-36-14-6-21/h3-4,7-8,15-18,21,25H,5-6,9-14,28H2,1-2H3,(H,30,31)/t25-/m1/s1. The van der Waals surface area contributed by atoms with Gasteiger partial charge in [-0.3, -0.25) is 9.78 Å². The average molecular weight is 490 g/mol. The van der Waals surface area contributed by atoms with Crippen LogP contribution in [0.4, 0.5) is 11.6 Å². The Balaban J connectivity index is 1.39. The predicted octanol–water partition coefficient (Wildman–Crippen LogP) is 2.91. The third kappa shape index (κ3) is 5.27. The molecule has 3 N–H and O–H groups in total. The van der Waals surface area contributed by atoms with Gasteiger partial charge in [0, 0.05) is 80.4 Å². The van der Waals surface area contributed by atoms with Crippen LogP contribution in [-0.2, 0) is 9.53 Å². The number of amides is 1. The second kappa shape index (κ2) is 10.8. The molecule has 9 heteroatoms. The minimum Gasteiger partial charge on any atom is -0.381 e. The molecular weight excluding hydrogens is 454 g/mol. The van der Waals surface area contributed by atoms with Crippen LogP contribution in [0, 0.1) is 5.92 Å². The SMILES string of the molecule is CC(C)[C@@H](N)C(=O)N1CCN(c2nc(-c3ccnc(NC4CCOCC4)c3)cc3cnccc23)CC1. The highest BCUT2D eigenvalue weighted by Gasteiger charge is 2.28. The first-order valence-corrected chi connectivity index (χ1v) is 12.8. The van der Waals surface area contributed by atoms with Crippen LogP contribution in [0.25, 0.3) is 22.0 Å². The summed E-state index contributed by atoms with van der Waals surface area (Å²) < 4.78 is 5.47. The summed E-state index contributed by atoms with van der Waals surface area (Å²) in [7, 11) is 0. The summed E-state index contributed by atoms with van der Waals surface area (Å²) in [5, 5.41) is 5.64. The van der Waals surface area contributed by atoms with Gasteiger partial charge in [0.25, 0.3) is 0 Å². The maximum Gasteiger partial charge on any atom is 0.239 e. The van der Waals surface area contributed by atoms with Crippen molar-refractivity contribution in [2.45, 2.75) is 38.8 Å². The fourth-order valence-electron chi connectivity index (χ4n) is 4.82. The maximum atomic E-state index is 12.7. The van der Waals surface area contributed by atoms with Crippen LogP contribution in [0.2, 0.25) is 0 Å². The molecule has 3 aromatic rings. The normalized spacial score (nSPS) is 18.0. The van der Waals surface area contributed by atoms with Gasteiger partial charge in [-0.2, -0.15) is 0 Å². The number of nitrogens with one attached hydrogen (secondary N) is 1. The zero-order valence-corrected chi connectivity index (χ0v) is 21.1. The largest absolute Gasteiger partial charge is 0.381 e. The van der Waals surface area contributed by atoms with Crippen LogP contribution in [0.5, 0.6) is 0 Å². The highest BCUT2D eigenvalue weighted by molar-refractivity contribution is 5.94. The summed E-state index contributed by atoms with van der Waals surface area (Å²) in [5.74, 6) is 1.92. The molecule has 0 aliphatic carbocycles. The number of carbonyl (C=O) groups excluding carboxylic acids is 1. The molecule has 0 spiro atoms. The molecule has 2 aliphatic heterocycles. The molecule has 36 heavy (non-hydrogen) atoms. The van der Waals surface area contributed by atoms with Crippen LogP contribution < -0.4 is 16.0 Å². The monoisotopic (exact) mass is 489 g/mol. The quantitative estimate of drug-likeness (QED) is 0.544. The van der Waals surface area contributed by atoms with Crippen LogP contribution in [-0.4, -0.2) is 77.2 Å². The Morgan fingerprint density at radius 2 is 1.89 bits per heavy atom. The van der Waals surface area contributed by atoms with Gasteiger partial charge < -0.3 is 25.6 Å². The molecular formula is C27H35N7O2. The van der Waals surface area contributed by atoms with E-state index in [0.29, 0.717) is 32.2 Å². The number of nitrogens with zero attached hydrogens (tertiary/aromatic N) is 5. The van der Waals surface area contributed by atoms with Gasteiger partial charge in [0.05, 0.1) is 11.7 Å². The van der Waals surface area contributed by atoms with Gasteiger partial charge in [0.15, 0.2) is 0 Å². The van der Waals surface area contributed by atoms with Crippen molar-refractivity contribution in [3.63, 3.8) is 0 Å². The van der Waals surface area contributed by atoms with E-state index >= 15 is 0 Å². The number of rotatable bonds is 6. The van der Waals surface area contributed by atoms with Gasteiger partial charge in [0.2, 0.25) is 5.91 Å². The number of hydrogen-bond acceptors (Lipinski definition) is 8. The number of aromatic nitrogens is 3. The Labute approximate surface area is 212 Å². The molecule has 0 saturated carbocycles. The molecule has 2 saturated heterocycles. The Morgan fingerprint density at radius 1 is 1.11 bits per heavy atom. The van der Waals surface area contributed by atoms with Crippen molar-refractivity contribution in [1.29, 1.82) is 0 Å². The van der Waals surface area contributed by atoms with E-state index in [2.05, 4.69) is 32.3 Å². The summed E-state index contributed by atoms with van der Waals surface area (Å²) >= 11 is 0. The third-order valence-corrected chi connectivity index (χ3v) is 7.13. The lowest BCUT2D eigenvalue weighted by atomic mass is 10.0. The van der Waals surface area contributed by atoms with Crippen LogP contribution in [0.15, 0.2) is 42.9 Å². The lowest BCUT2D eigenvalue weighted by Gasteiger charge is -2.37. The van der Waals surface area contributed by atoms with E-state index in [-0.39, 0.29) is 11.8 Å². The zero-order chi connectivity index (χ0) is 25.1. The fraction of sp³-hybridized carbons (Fsp3) is 0.481. The number of piperazine rings is 1. The minimum absolute atomic E-state index is 0.0294. The van der Waals surface area contributed by atoms with Crippen molar-refractivity contribution >= 4 is 28.3 Å². The second-order valence-corrected chi connectivity index (χ2v) is 9.97.